The second-order valence-corrected chi connectivity index (χ2v) is 9.81. The highest BCUT2D eigenvalue weighted by Crippen LogP contribution is 2.33. The van der Waals surface area contributed by atoms with Gasteiger partial charge in [-0.1, -0.05) is 12.1 Å². The molecule has 0 bridgehead atoms. The minimum atomic E-state index is -3.20. The fourth-order valence-electron chi connectivity index (χ4n) is 3.91. The third-order valence-corrected chi connectivity index (χ3v) is 6.83. The van der Waals surface area contributed by atoms with Crippen molar-refractivity contribution in [1.82, 2.24) is 29.4 Å². The van der Waals surface area contributed by atoms with Crippen LogP contribution in [-0.4, -0.2) is 95.1 Å². The van der Waals surface area contributed by atoms with E-state index >= 15 is 0 Å². The summed E-state index contributed by atoms with van der Waals surface area (Å²) in [5.74, 6) is 1.58. The fraction of sp³-hybridized carbons (Fsp3) is 0.476. The second-order valence-electron chi connectivity index (χ2n) is 7.83. The largest absolute Gasteiger partial charge is 0.488 e. The third-order valence-electron chi connectivity index (χ3n) is 5.53. The number of aliphatic hydroxyl groups excluding tert-OH is 1. The molecule has 11 nitrogen and oxygen atoms in total. The molecule has 4 rings (SSSR count). The topological polar surface area (TPSA) is 137 Å². The molecule has 1 aromatic carbocycles. The minimum absolute atomic E-state index is 0.0506. The first-order valence-electron chi connectivity index (χ1n) is 10.9. The number of anilines is 1. The first kappa shape index (κ1) is 23.4. The molecule has 1 saturated heterocycles. The summed E-state index contributed by atoms with van der Waals surface area (Å²) in [6, 6.07) is 5.80. The van der Waals surface area contributed by atoms with E-state index in [2.05, 4.69) is 20.4 Å². The molecule has 178 valence electrons. The molecule has 1 fully saturated rings. The van der Waals surface area contributed by atoms with E-state index in [0.717, 1.165) is 16.5 Å². The molecule has 3 N–H and O–H groups in total. The lowest BCUT2D eigenvalue weighted by Gasteiger charge is -2.33. The van der Waals surface area contributed by atoms with Crippen molar-refractivity contribution in [1.29, 1.82) is 0 Å². The van der Waals surface area contributed by atoms with E-state index in [1.807, 2.05) is 25.1 Å². The summed E-state index contributed by atoms with van der Waals surface area (Å²) < 4.78 is 31.1. The summed E-state index contributed by atoms with van der Waals surface area (Å²) in [4.78, 5) is 11.7. The summed E-state index contributed by atoms with van der Waals surface area (Å²) in [6.45, 7) is 5.13. The van der Waals surface area contributed by atoms with Crippen LogP contribution in [0, 0.1) is 0 Å². The molecular weight excluding hydrogens is 446 g/mol. The first-order chi connectivity index (χ1) is 15.9. The Bertz CT molecular complexity index is 1210. The fourth-order valence-corrected chi connectivity index (χ4v) is 4.74. The van der Waals surface area contributed by atoms with E-state index < -0.39 is 10.0 Å². The predicted molar refractivity (Wildman–Crippen MR) is 126 cm³/mol. The highest BCUT2D eigenvalue weighted by molar-refractivity contribution is 7.88. The highest BCUT2D eigenvalue weighted by Gasteiger charge is 2.26. The van der Waals surface area contributed by atoms with Crippen LogP contribution in [0.1, 0.15) is 12.6 Å². The summed E-state index contributed by atoms with van der Waals surface area (Å²) >= 11 is 0. The van der Waals surface area contributed by atoms with Gasteiger partial charge in [-0.15, -0.1) is 0 Å². The van der Waals surface area contributed by atoms with Gasteiger partial charge < -0.3 is 15.2 Å². The first-order valence-corrected chi connectivity index (χ1v) is 12.7. The molecule has 1 aliphatic heterocycles. The van der Waals surface area contributed by atoms with E-state index in [-0.39, 0.29) is 6.61 Å². The Balaban J connectivity index is 1.71. The number of nitrogens with one attached hydrogen (secondary N) is 2. The van der Waals surface area contributed by atoms with E-state index in [1.54, 1.807) is 6.20 Å². The van der Waals surface area contributed by atoms with Crippen LogP contribution in [0.4, 0.5) is 5.82 Å². The zero-order chi connectivity index (χ0) is 23.4. The smallest absolute Gasteiger partial charge is 0.211 e. The van der Waals surface area contributed by atoms with Gasteiger partial charge in [-0.05, 0) is 13.0 Å². The molecule has 3 aromatic rings. The molecule has 0 unspecified atom stereocenters. The van der Waals surface area contributed by atoms with Gasteiger partial charge in [-0.25, -0.2) is 18.4 Å². The number of nitrogens with zero attached hydrogens (tertiary/aromatic N) is 5. The average molecular weight is 476 g/mol. The van der Waals surface area contributed by atoms with E-state index in [0.29, 0.717) is 69.0 Å². The van der Waals surface area contributed by atoms with Crippen molar-refractivity contribution in [3.8, 4) is 17.1 Å². The van der Waals surface area contributed by atoms with Gasteiger partial charge in [0.2, 0.25) is 10.0 Å². The monoisotopic (exact) mass is 475 g/mol. The quantitative estimate of drug-likeness (QED) is 0.412. The summed E-state index contributed by atoms with van der Waals surface area (Å²) in [5, 5.41) is 20.5. The number of ether oxygens (including phenoxy) is 1. The Morgan fingerprint density at radius 2 is 2.00 bits per heavy atom. The number of aromatic nitrogens is 4. The Hall–Kier alpha value is -2.80. The molecule has 0 amide bonds. The number of aliphatic hydroxyl groups is 1. The van der Waals surface area contributed by atoms with Gasteiger partial charge in [0, 0.05) is 50.2 Å². The van der Waals surface area contributed by atoms with E-state index in [4.69, 9.17) is 14.7 Å². The number of H-pyrrole nitrogens is 1. The molecular formula is C21H29N7O4S. The standard InChI is InChI=1S/C21H29N7O4S/c1-3-32-19-18(14-27-8-10-28(11-9-27)33(2,30)31)24-20(25-21(19)22-7-12-29)15-5-4-6-17-16(15)13-23-26-17/h4-6,13,29H,3,7-12,14H2,1-2H3,(H,23,26)(H,22,24,25). The molecule has 3 heterocycles. The van der Waals surface area contributed by atoms with Crippen molar-refractivity contribution < 1.29 is 18.3 Å². The molecule has 2 aromatic heterocycles. The third kappa shape index (κ3) is 5.24. The van der Waals surface area contributed by atoms with E-state index in [1.165, 1.54) is 10.6 Å². The zero-order valence-electron chi connectivity index (χ0n) is 18.8. The Morgan fingerprint density at radius 3 is 2.70 bits per heavy atom. The molecule has 0 atom stereocenters. The van der Waals surface area contributed by atoms with Crippen LogP contribution >= 0.6 is 0 Å². The van der Waals surface area contributed by atoms with Gasteiger partial charge in [-0.2, -0.15) is 9.40 Å². The van der Waals surface area contributed by atoms with Crippen LogP contribution in [0.3, 0.4) is 0 Å². The lowest BCUT2D eigenvalue weighted by Crippen LogP contribution is -2.47. The van der Waals surface area contributed by atoms with Gasteiger partial charge in [0.25, 0.3) is 0 Å². The normalized spacial score (nSPS) is 15.7. The number of piperazine rings is 1. The van der Waals surface area contributed by atoms with Crippen molar-refractivity contribution in [2.24, 2.45) is 0 Å². The number of benzene rings is 1. The van der Waals surface area contributed by atoms with Crippen LogP contribution < -0.4 is 10.1 Å². The van der Waals surface area contributed by atoms with Crippen LogP contribution in [0.15, 0.2) is 24.4 Å². The van der Waals surface area contributed by atoms with Crippen molar-refractivity contribution in [2.45, 2.75) is 13.5 Å². The van der Waals surface area contributed by atoms with Gasteiger partial charge in [-0.3, -0.25) is 10.00 Å². The summed E-state index contributed by atoms with van der Waals surface area (Å²) in [7, 11) is -3.20. The minimum Gasteiger partial charge on any atom is -0.488 e. The van der Waals surface area contributed by atoms with Gasteiger partial charge in [0.15, 0.2) is 17.4 Å². The summed E-state index contributed by atoms with van der Waals surface area (Å²) in [5.41, 5.74) is 2.42. The molecule has 0 radical (unpaired) electrons. The Morgan fingerprint density at radius 1 is 1.21 bits per heavy atom. The predicted octanol–water partition coefficient (Wildman–Crippen LogP) is 0.900. The average Bonchev–Trinajstić information content (AvgIpc) is 3.28. The maximum Gasteiger partial charge on any atom is 0.211 e. The lowest BCUT2D eigenvalue weighted by molar-refractivity contribution is 0.178. The lowest BCUT2D eigenvalue weighted by atomic mass is 10.1. The van der Waals surface area contributed by atoms with Crippen molar-refractivity contribution in [2.75, 3.05) is 57.5 Å². The van der Waals surface area contributed by atoms with E-state index in [9.17, 15) is 13.5 Å². The number of hydrogen-bond donors (Lipinski definition) is 3. The van der Waals surface area contributed by atoms with Crippen LogP contribution in [-0.2, 0) is 16.6 Å². The molecule has 33 heavy (non-hydrogen) atoms. The van der Waals surface area contributed by atoms with Crippen LogP contribution in [0.5, 0.6) is 5.75 Å². The molecule has 1 aliphatic rings. The van der Waals surface area contributed by atoms with Gasteiger partial charge in [0.05, 0.1) is 31.2 Å². The number of hydrogen-bond acceptors (Lipinski definition) is 9. The number of sulfonamides is 1. The summed E-state index contributed by atoms with van der Waals surface area (Å²) in [6.07, 6.45) is 2.98. The number of aromatic amines is 1. The maximum absolute atomic E-state index is 11.9. The Labute approximate surface area is 192 Å². The Kier molecular flexibility index (Phi) is 7.08. The zero-order valence-corrected chi connectivity index (χ0v) is 19.6. The SMILES string of the molecule is CCOc1c(CN2CCN(S(C)(=O)=O)CC2)nc(-c2cccc3[nH]ncc23)nc1NCCO. The van der Waals surface area contributed by atoms with Gasteiger partial charge >= 0.3 is 0 Å². The van der Waals surface area contributed by atoms with Crippen molar-refractivity contribution in [3.05, 3.63) is 30.1 Å². The number of rotatable bonds is 9. The molecule has 0 spiro atoms. The molecule has 0 aliphatic carbocycles. The highest BCUT2D eigenvalue weighted by atomic mass is 32.2. The van der Waals surface area contributed by atoms with Crippen molar-refractivity contribution in [3.63, 3.8) is 0 Å². The second kappa shape index (κ2) is 10.00. The number of fused-ring (bicyclic) bond motifs is 1. The van der Waals surface area contributed by atoms with Gasteiger partial charge in [0.1, 0.15) is 5.69 Å². The molecule has 0 saturated carbocycles. The molecule has 12 heteroatoms. The van der Waals surface area contributed by atoms with Crippen LogP contribution in [0.25, 0.3) is 22.3 Å². The maximum atomic E-state index is 11.9. The van der Waals surface area contributed by atoms with Crippen LogP contribution in [0.2, 0.25) is 0 Å². The van der Waals surface area contributed by atoms with Crippen molar-refractivity contribution >= 4 is 26.7 Å².